The third-order valence-corrected chi connectivity index (χ3v) is 10.4. The Morgan fingerprint density at radius 1 is 0.638 bits per heavy atom. The summed E-state index contributed by atoms with van der Waals surface area (Å²) in [5, 5.41) is 17.1. The molecule has 0 bridgehead atoms. The lowest BCUT2D eigenvalue weighted by molar-refractivity contribution is -0.134. The van der Waals surface area contributed by atoms with Crippen LogP contribution in [-0.4, -0.2) is 98.9 Å². The van der Waals surface area contributed by atoms with Crippen LogP contribution in [0.25, 0.3) is 0 Å². The van der Waals surface area contributed by atoms with E-state index >= 15 is 0 Å². The lowest BCUT2D eigenvalue weighted by atomic mass is 9.99. The van der Waals surface area contributed by atoms with Gasteiger partial charge in [-0.25, -0.2) is 29.1 Å². The molecule has 0 aliphatic carbocycles. The molecule has 14 nitrogen and oxygen atoms in total. The number of benzene rings is 2. The van der Waals surface area contributed by atoms with Crippen molar-refractivity contribution in [1.29, 1.82) is 0 Å². The molecule has 312 valence electrons. The fourth-order valence-electron chi connectivity index (χ4n) is 7.15. The summed E-state index contributed by atoms with van der Waals surface area (Å²) in [6, 6.07) is 15.6. The summed E-state index contributed by atoms with van der Waals surface area (Å²) >= 11 is 11.9. The molecule has 2 saturated heterocycles. The summed E-state index contributed by atoms with van der Waals surface area (Å²) in [7, 11) is 0. The van der Waals surface area contributed by atoms with E-state index in [0.29, 0.717) is 25.4 Å². The van der Waals surface area contributed by atoms with Gasteiger partial charge >= 0.3 is 24.0 Å². The zero-order chi connectivity index (χ0) is 42.7. The van der Waals surface area contributed by atoms with Crippen LogP contribution < -0.4 is 0 Å². The number of imidazole rings is 2. The number of ether oxygens (including phenoxy) is 2. The second kappa shape index (κ2) is 19.6. The molecule has 2 unspecified atom stereocenters. The zero-order valence-corrected chi connectivity index (χ0v) is 35.2. The highest BCUT2D eigenvalue weighted by atomic mass is 35.5. The monoisotopic (exact) mass is 838 g/mol. The number of hydrogen-bond donors (Lipinski definition) is 2. The van der Waals surface area contributed by atoms with Crippen molar-refractivity contribution < 1.29 is 38.9 Å². The van der Waals surface area contributed by atoms with E-state index in [9.17, 15) is 19.2 Å². The highest BCUT2D eigenvalue weighted by Crippen LogP contribution is 2.40. The number of nitrogens with zero attached hydrogens (tertiary/aromatic N) is 6. The fraction of sp³-hybridized carbons (Fsp3) is 0.429. The van der Waals surface area contributed by atoms with E-state index < -0.39 is 23.4 Å². The van der Waals surface area contributed by atoms with Crippen molar-refractivity contribution in [2.24, 2.45) is 0 Å². The molecule has 4 heterocycles. The lowest BCUT2D eigenvalue weighted by Gasteiger charge is -2.40. The van der Waals surface area contributed by atoms with Crippen LogP contribution in [-0.2, 0) is 31.9 Å². The summed E-state index contributed by atoms with van der Waals surface area (Å²) in [6.07, 6.45) is 16.0. The first kappa shape index (κ1) is 45.7. The second-order valence-electron chi connectivity index (χ2n) is 15.7. The molecule has 2 aliphatic heterocycles. The molecule has 2 N–H and O–H groups in total. The van der Waals surface area contributed by atoms with Gasteiger partial charge in [-0.15, -0.1) is 0 Å². The molecule has 58 heavy (non-hydrogen) atoms. The Morgan fingerprint density at radius 2 is 0.983 bits per heavy atom. The molecule has 6 rings (SSSR count). The second-order valence-corrected chi connectivity index (χ2v) is 16.6. The van der Waals surface area contributed by atoms with E-state index in [1.165, 1.54) is 32.9 Å². The fourth-order valence-corrected chi connectivity index (χ4v) is 7.41. The number of hydrogen-bond acceptors (Lipinski definition) is 8. The van der Waals surface area contributed by atoms with Crippen LogP contribution >= 0.6 is 23.2 Å². The van der Waals surface area contributed by atoms with E-state index in [-0.39, 0.29) is 23.1 Å². The van der Waals surface area contributed by atoms with Gasteiger partial charge in [-0.2, -0.15) is 0 Å². The van der Waals surface area contributed by atoms with Crippen molar-refractivity contribution in [3.8, 4) is 0 Å². The number of amides is 2. The van der Waals surface area contributed by atoms with E-state index in [4.69, 9.17) is 42.9 Å². The van der Waals surface area contributed by atoms with Crippen LogP contribution in [0.15, 0.2) is 98.1 Å². The van der Waals surface area contributed by atoms with Gasteiger partial charge in [0.05, 0.1) is 24.3 Å². The summed E-state index contributed by atoms with van der Waals surface area (Å²) in [6.45, 7) is 13.2. The van der Waals surface area contributed by atoms with Gasteiger partial charge in [0.2, 0.25) is 0 Å². The van der Waals surface area contributed by atoms with E-state index in [0.717, 1.165) is 48.6 Å². The summed E-state index contributed by atoms with van der Waals surface area (Å²) in [4.78, 5) is 56.7. The number of carbonyl (C=O) groups is 4. The van der Waals surface area contributed by atoms with E-state index in [1.807, 2.05) is 99.9 Å². The van der Waals surface area contributed by atoms with Crippen LogP contribution in [0.1, 0.15) is 78.4 Å². The predicted molar refractivity (Wildman–Crippen MR) is 220 cm³/mol. The molecule has 4 aromatic rings. The minimum Gasteiger partial charge on any atom is -0.478 e. The standard InChI is InChI=1S/2C19H24ClN3O2.C4H4O4/c2*1-18(2)13-25-19(3,23(18)17(24)22-12-11-21-14-22)10-4-5-15-6-8-16(20)9-7-15;5-3(6)1-2-4(7)8/h2*6-9,11-12,14H,4-5,10,13H2,1-3H3;1-2H,(H,5,6)(H,7,8). The smallest absolute Gasteiger partial charge is 0.332 e. The summed E-state index contributed by atoms with van der Waals surface area (Å²) in [5.41, 5.74) is 0.483. The third kappa shape index (κ3) is 12.2. The SMILES string of the molecule is CC1(C)COC(C)(CCCc2ccc(Cl)cc2)N1C(=O)n1ccnc1.CC1(C)COC(C)(CCCc2ccc(Cl)cc2)N1C(=O)n1ccnc1.O=C(O)C=CC(=O)O. The number of carboxylic acids is 2. The van der Waals surface area contributed by atoms with Crippen LogP contribution in [0.2, 0.25) is 10.0 Å². The number of carboxylic acid groups (broad SMARTS) is 2. The molecule has 2 aromatic carbocycles. The first-order chi connectivity index (χ1) is 27.3. The molecule has 16 heteroatoms. The summed E-state index contributed by atoms with van der Waals surface area (Å²) < 4.78 is 15.2. The first-order valence-corrected chi connectivity index (χ1v) is 19.6. The van der Waals surface area contributed by atoms with Gasteiger partial charge in [-0.3, -0.25) is 18.9 Å². The molecular formula is C42H52Cl2N6O8. The van der Waals surface area contributed by atoms with Gasteiger partial charge in [0.15, 0.2) is 0 Å². The number of halogens is 2. The van der Waals surface area contributed by atoms with Crippen molar-refractivity contribution in [2.45, 2.75) is 103 Å². The number of aliphatic carboxylic acids is 2. The van der Waals surface area contributed by atoms with Gasteiger partial charge in [0, 0.05) is 47.0 Å². The molecule has 2 fully saturated rings. The minimum atomic E-state index is -1.26. The van der Waals surface area contributed by atoms with Crippen molar-refractivity contribution in [3.05, 3.63) is 119 Å². The van der Waals surface area contributed by atoms with Crippen molar-refractivity contribution in [2.75, 3.05) is 13.2 Å². The third-order valence-electron chi connectivity index (χ3n) is 9.87. The van der Waals surface area contributed by atoms with Gasteiger partial charge in [0.25, 0.3) is 0 Å². The van der Waals surface area contributed by atoms with E-state index in [1.54, 1.807) is 24.8 Å². The predicted octanol–water partition coefficient (Wildman–Crippen LogP) is 8.42. The normalized spacial score (nSPS) is 20.6. The Morgan fingerprint density at radius 3 is 1.28 bits per heavy atom. The molecule has 0 saturated carbocycles. The van der Waals surface area contributed by atoms with Crippen LogP contribution in [0, 0.1) is 0 Å². The highest BCUT2D eigenvalue weighted by Gasteiger charge is 2.52. The Kier molecular flexibility index (Phi) is 15.5. The number of aromatic nitrogens is 4. The molecule has 2 aliphatic rings. The topological polar surface area (TPSA) is 169 Å². The average molecular weight is 840 g/mol. The Bertz CT molecular complexity index is 1860. The molecule has 0 radical (unpaired) electrons. The van der Waals surface area contributed by atoms with Crippen LogP contribution in [0.4, 0.5) is 9.59 Å². The van der Waals surface area contributed by atoms with Crippen LogP contribution in [0.3, 0.4) is 0 Å². The first-order valence-electron chi connectivity index (χ1n) is 18.8. The lowest BCUT2D eigenvalue weighted by Crippen LogP contribution is -2.55. The maximum atomic E-state index is 13.0. The van der Waals surface area contributed by atoms with Gasteiger partial charge in [-0.05, 0) is 115 Å². The largest absolute Gasteiger partial charge is 0.478 e. The van der Waals surface area contributed by atoms with Gasteiger partial charge < -0.3 is 19.7 Å². The quantitative estimate of drug-likeness (QED) is 0.148. The Balaban J connectivity index is 0.000000217. The minimum absolute atomic E-state index is 0.103. The number of aryl methyl sites for hydroxylation is 2. The average Bonchev–Trinajstić information content (AvgIpc) is 3.97. The molecule has 0 spiro atoms. The number of rotatable bonds is 10. The van der Waals surface area contributed by atoms with Crippen molar-refractivity contribution in [1.82, 2.24) is 28.9 Å². The molecule has 2 amide bonds. The Labute approximate surface area is 349 Å². The molecule has 2 aromatic heterocycles. The summed E-state index contributed by atoms with van der Waals surface area (Å²) in [5.74, 6) is -2.51. The van der Waals surface area contributed by atoms with E-state index in [2.05, 4.69) is 9.97 Å². The zero-order valence-electron chi connectivity index (χ0n) is 33.7. The maximum absolute atomic E-state index is 13.0. The molecular weight excluding hydrogens is 787 g/mol. The molecule has 2 atom stereocenters. The van der Waals surface area contributed by atoms with Crippen molar-refractivity contribution >= 4 is 47.2 Å². The maximum Gasteiger partial charge on any atom is 0.332 e. The van der Waals surface area contributed by atoms with Gasteiger partial charge in [-0.1, -0.05) is 47.5 Å². The van der Waals surface area contributed by atoms with Crippen molar-refractivity contribution in [3.63, 3.8) is 0 Å². The van der Waals surface area contributed by atoms with Gasteiger partial charge in [0.1, 0.15) is 24.1 Å². The van der Waals surface area contributed by atoms with Crippen LogP contribution in [0.5, 0.6) is 0 Å². The Hall–Kier alpha value is -5.02. The number of carbonyl (C=O) groups excluding carboxylic acids is 2. The highest BCUT2D eigenvalue weighted by molar-refractivity contribution is 6.30.